The molecule has 0 fully saturated rings. The van der Waals surface area contributed by atoms with E-state index in [4.69, 9.17) is 4.74 Å². The van der Waals surface area contributed by atoms with Crippen LogP contribution in [-0.2, 0) is 9.53 Å². The van der Waals surface area contributed by atoms with Crippen LogP contribution in [0.3, 0.4) is 0 Å². The van der Waals surface area contributed by atoms with Crippen LogP contribution in [0.25, 0.3) is 0 Å². The standard InChI is InChI=1S/C9H13NO2/c1-3-12-9-4-6-10(7-5-9)8(2)11/h4-6H,3,7H2,1-2H3. The molecule has 0 aromatic carbocycles. The fourth-order valence-electron chi connectivity index (χ4n) is 0.988. The minimum absolute atomic E-state index is 0.0537. The molecule has 12 heavy (non-hydrogen) atoms. The number of carbonyl (C=O) groups is 1. The fraction of sp³-hybridized carbons (Fsp3) is 0.444. The first-order chi connectivity index (χ1) is 5.74. The van der Waals surface area contributed by atoms with Crippen LogP contribution < -0.4 is 0 Å². The highest BCUT2D eigenvalue weighted by molar-refractivity contribution is 5.74. The molecule has 3 nitrogen and oxygen atoms in total. The fourth-order valence-corrected chi connectivity index (χ4v) is 0.988. The monoisotopic (exact) mass is 167 g/mol. The largest absolute Gasteiger partial charge is 0.494 e. The predicted octanol–water partition coefficient (Wildman–Crippen LogP) is 1.28. The highest BCUT2D eigenvalue weighted by atomic mass is 16.5. The molecule has 0 saturated carbocycles. The maximum absolute atomic E-state index is 10.9. The van der Waals surface area contributed by atoms with Crippen molar-refractivity contribution in [2.45, 2.75) is 13.8 Å². The van der Waals surface area contributed by atoms with Crippen molar-refractivity contribution >= 4 is 5.91 Å². The van der Waals surface area contributed by atoms with E-state index in [0.717, 1.165) is 5.76 Å². The van der Waals surface area contributed by atoms with Gasteiger partial charge in [0.1, 0.15) is 5.76 Å². The Bertz CT molecular complexity index is 231. The molecule has 66 valence electrons. The van der Waals surface area contributed by atoms with Crippen LogP contribution in [0.2, 0.25) is 0 Å². The number of hydrogen-bond acceptors (Lipinski definition) is 2. The SMILES string of the molecule is CCOC1=CCN(C(C)=O)C=C1. The van der Waals surface area contributed by atoms with E-state index in [1.165, 1.54) is 0 Å². The van der Waals surface area contributed by atoms with Crippen molar-refractivity contribution in [3.63, 3.8) is 0 Å². The molecule has 0 bridgehead atoms. The Hall–Kier alpha value is -1.25. The number of allylic oxidation sites excluding steroid dienone is 1. The Labute approximate surface area is 72.3 Å². The maximum Gasteiger partial charge on any atom is 0.223 e. The molecule has 1 aliphatic heterocycles. The van der Waals surface area contributed by atoms with Gasteiger partial charge in [-0.3, -0.25) is 4.79 Å². The maximum atomic E-state index is 10.9. The second kappa shape index (κ2) is 3.95. The molecule has 0 spiro atoms. The Balaban J connectivity index is 2.49. The van der Waals surface area contributed by atoms with E-state index < -0.39 is 0 Å². The quantitative estimate of drug-likeness (QED) is 0.620. The molecule has 0 atom stereocenters. The van der Waals surface area contributed by atoms with Gasteiger partial charge in [0.25, 0.3) is 0 Å². The highest BCUT2D eigenvalue weighted by Crippen LogP contribution is 2.07. The number of nitrogens with zero attached hydrogens (tertiary/aromatic N) is 1. The van der Waals surface area contributed by atoms with Crippen molar-refractivity contribution in [3.05, 3.63) is 24.1 Å². The van der Waals surface area contributed by atoms with Crippen LogP contribution in [0.15, 0.2) is 24.1 Å². The summed E-state index contributed by atoms with van der Waals surface area (Å²) in [5, 5.41) is 0. The molecule has 0 aromatic heterocycles. The van der Waals surface area contributed by atoms with Crippen molar-refractivity contribution < 1.29 is 9.53 Å². The average Bonchev–Trinajstić information content (AvgIpc) is 2.06. The molecular formula is C9H13NO2. The summed E-state index contributed by atoms with van der Waals surface area (Å²) in [6.45, 7) is 4.76. The summed E-state index contributed by atoms with van der Waals surface area (Å²) in [7, 11) is 0. The average molecular weight is 167 g/mol. The third-order valence-corrected chi connectivity index (χ3v) is 1.62. The van der Waals surface area contributed by atoms with Crippen LogP contribution in [0, 0.1) is 0 Å². The molecule has 0 N–H and O–H groups in total. The zero-order chi connectivity index (χ0) is 8.97. The molecule has 0 unspecified atom stereocenters. The molecule has 1 rings (SSSR count). The Morgan fingerprint density at radius 2 is 2.50 bits per heavy atom. The Kier molecular flexibility index (Phi) is 2.91. The molecule has 0 aromatic rings. The van der Waals surface area contributed by atoms with Gasteiger partial charge in [0.2, 0.25) is 5.91 Å². The predicted molar refractivity (Wildman–Crippen MR) is 46.2 cm³/mol. The van der Waals surface area contributed by atoms with E-state index in [-0.39, 0.29) is 5.91 Å². The van der Waals surface area contributed by atoms with Gasteiger partial charge in [0, 0.05) is 19.7 Å². The van der Waals surface area contributed by atoms with Crippen molar-refractivity contribution in [2.24, 2.45) is 0 Å². The highest BCUT2D eigenvalue weighted by Gasteiger charge is 2.07. The van der Waals surface area contributed by atoms with Gasteiger partial charge >= 0.3 is 0 Å². The molecule has 1 aliphatic rings. The summed E-state index contributed by atoms with van der Waals surface area (Å²) in [6.07, 6.45) is 5.44. The number of carbonyl (C=O) groups excluding carboxylic acids is 1. The van der Waals surface area contributed by atoms with Crippen LogP contribution in [0.1, 0.15) is 13.8 Å². The zero-order valence-electron chi connectivity index (χ0n) is 7.41. The van der Waals surface area contributed by atoms with Crippen molar-refractivity contribution in [2.75, 3.05) is 13.2 Å². The Morgan fingerprint density at radius 1 is 1.75 bits per heavy atom. The molecule has 1 heterocycles. The summed E-state index contributed by atoms with van der Waals surface area (Å²) in [5.74, 6) is 0.896. The van der Waals surface area contributed by atoms with Gasteiger partial charge in [-0.15, -0.1) is 0 Å². The zero-order valence-corrected chi connectivity index (χ0v) is 7.41. The second-order valence-corrected chi connectivity index (χ2v) is 2.53. The summed E-state index contributed by atoms with van der Waals surface area (Å²) in [6, 6.07) is 0. The van der Waals surface area contributed by atoms with Crippen molar-refractivity contribution in [1.82, 2.24) is 4.90 Å². The minimum atomic E-state index is 0.0537. The topological polar surface area (TPSA) is 29.5 Å². The van der Waals surface area contributed by atoms with Gasteiger partial charge in [-0.1, -0.05) is 0 Å². The van der Waals surface area contributed by atoms with E-state index in [9.17, 15) is 4.79 Å². The van der Waals surface area contributed by atoms with Crippen LogP contribution in [0.4, 0.5) is 0 Å². The normalized spacial score (nSPS) is 15.8. The third kappa shape index (κ3) is 2.12. The number of amides is 1. The molecule has 0 radical (unpaired) electrons. The van der Waals surface area contributed by atoms with Gasteiger partial charge in [-0.2, -0.15) is 0 Å². The lowest BCUT2D eigenvalue weighted by atomic mass is 10.3. The van der Waals surface area contributed by atoms with E-state index >= 15 is 0 Å². The lowest BCUT2D eigenvalue weighted by Gasteiger charge is -2.18. The van der Waals surface area contributed by atoms with Crippen molar-refractivity contribution in [1.29, 1.82) is 0 Å². The van der Waals surface area contributed by atoms with Crippen LogP contribution in [0.5, 0.6) is 0 Å². The molecule has 3 heteroatoms. The van der Waals surface area contributed by atoms with E-state index in [1.807, 2.05) is 13.0 Å². The molecule has 0 aliphatic carbocycles. The van der Waals surface area contributed by atoms with Gasteiger partial charge in [0.05, 0.1) is 6.61 Å². The number of ether oxygens (including phenoxy) is 1. The summed E-state index contributed by atoms with van der Waals surface area (Å²) < 4.78 is 5.25. The van der Waals surface area contributed by atoms with E-state index in [2.05, 4.69) is 0 Å². The van der Waals surface area contributed by atoms with Crippen LogP contribution >= 0.6 is 0 Å². The first-order valence-electron chi connectivity index (χ1n) is 4.02. The van der Waals surface area contributed by atoms with E-state index in [1.54, 1.807) is 24.1 Å². The van der Waals surface area contributed by atoms with Gasteiger partial charge in [-0.05, 0) is 19.1 Å². The lowest BCUT2D eigenvalue weighted by molar-refractivity contribution is -0.125. The summed E-state index contributed by atoms with van der Waals surface area (Å²) in [4.78, 5) is 12.5. The third-order valence-electron chi connectivity index (χ3n) is 1.62. The smallest absolute Gasteiger partial charge is 0.223 e. The van der Waals surface area contributed by atoms with Gasteiger partial charge in [-0.25, -0.2) is 0 Å². The van der Waals surface area contributed by atoms with Crippen molar-refractivity contribution in [3.8, 4) is 0 Å². The summed E-state index contributed by atoms with van der Waals surface area (Å²) >= 11 is 0. The molecule has 1 amide bonds. The lowest BCUT2D eigenvalue weighted by Crippen LogP contribution is -2.25. The second-order valence-electron chi connectivity index (χ2n) is 2.53. The van der Waals surface area contributed by atoms with Gasteiger partial charge in [0.15, 0.2) is 0 Å². The molecular weight excluding hydrogens is 154 g/mol. The number of rotatable bonds is 2. The first kappa shape index (κ1) is 8.84. The molecule has 0 saturated heterocycles. The Morgan fingerprint density at radius 3 is 2.92 bits per heavy atom. The van der Waals surface area contributed by atoms with Gasteiger partial charge < -0.3 is 9.64 Å². The first-order valence-corrected chi connectivity index (χ1v) is 4.02. The minimum Gasteiger partial charge on any atom is -0.494 e. The number of hydrogen-bond donors (Lipinski definition) is 0. The summed E-state index contributed by atoms with van der Waals surface area (Å²) in [5.41, 5.74) is 0. The van der Waals surface area contributed by atoms with Crippen LogP contribution in [-0.4, -0.2) is 24.0 Å². The van der Waals surface area contributed by atoms with E-state index in [0.29, 0.717) is 13.2 Å².